The van der Waals surface area contributed by atoms with Crippen molar-refractivity contribution in [2.75, 3.05) is 19.5 Å². The molecular formula is C22H19N3O3S2. The van der Waals surface area contributed by atoms with Crippen molar-refractivity contribution in [2.45, 2.75) is 6.92 Å². The zero-order valence-corrected chi connectivity index (χ0v) is 18.3. The second-order valence-electron chi connectivity index (χ2n) is 6.43. The number of carbonyl (C=O) groups is 1. The van der Waals surface area contributed by atoms with Crippen LogP contribution in [-0.4, -0.2) is 30.1 Å². The zero-order valence-electron chi connectivity index (χ0n) is 16.6. The topological polar surface area (TPSA) is 73.3 Å². The number of carbonyl (C=O) groups excluding carboxylic acids is 1. The first-order valence-corrected chi connectivity index (χ1v) is 10.8. The van der Waals surface area contributed by atoms with E-state index >= 15 is 0 Å². The monoisotopic (exact) mass is 437 g/mol. The van der Waals surface area contributed by atoms with Crippen LogP contribution in [0.4, 0.5) is 5.13 Å². The molecule has 0 atom stereocenters. The molecule has 4 aromatic rings. The van der Waals surface area contributed by atoms with Gasteiger partial charge in [0.1, 0.15) is 5.01 Å². The van der Waals surface area contributed by atoms with Crippen LogP contribution >= 0.6 is 22.7 Å². The molecule has 152 valence electrons. The van der Waals surface area contributed by atoms with Crippen molar-refractivity contribution < 1.29 is 14.3 Å². The van der Waals surface area contributed by atoms with Crippen LogP contribution in [0.5, 0.6) is 11.5 Å². The molecule has 1 N–H and O–H groups in total. The molecule has 4 rings (SSSR count). The van der Waals surface area contributed by atoms with Gasteiger partial charge in [-0.15, -0.1) is 22.7 Å². The fourth-order valence-electron chi connectivity index (χ4n) is 2.88. The van der Waals surface area contributed by atoms with E-state index < -0.39 is 0 Å². The van der Waals surface area contributed by atoms with E-state index in [9.17, 15) is 4.79 Å². The number of amides is 1. The number of aromatic nitrogens is 2. The number of ether oxygens (including phenoxy) is 2. The van der Waals surface area contributed by atoms with Crippen molar-refractivity contribution in [3.05, 3.63) is 64.5 Å². The Kier molecular flexibility index (Phi) is 5.78. The molecule has 2 heterocycles. The number of hydrogen-bond donors (Lipinski definition) is 1. The number of aryl methyl sites for hydroxylation is 1. The Morgan fingerprint density at radius 2 is 1.63 bits per heavy atom. The lowest BCUT2D eigenvalue weighted by atomic mass is 10.1. The van der Waals surface area contributed by atoms with Crippen LogP contribution in [0.2, 0.25) is 0 Å². The predicted octanol–water partition coefficient (Wildman–Crippen LogP) is 5.51. The first-order chi connectivity index (χ1) is 14.6. The fraction of sp³-hybridized carbons (Fsp3) is 0.136. The first kappa shape index (κ1) is 20.1. The van der Waals surface area contributed by atoms with Gasteiger partial charge in [-0.05, 0) is 37.3 Å². The van der Waals surface area contributed by atoms with Crippen LogP contribution in [0.3, 0.4) is 0 Å². The summed E-state index contributed by atoms with van der Waals surface area (Å²) < 4.78 is 10.6. The molecule has 0 saturated carbocycles. The van der Waals surface area contributed by atoms with Crippen molar-refractivity contribution >= 4 is 33.7 Å². The summed E-state index contributed by atoms with van der Waals surface area (Å²) in [4.78, 5) is 21.6. The van der Waals surface area contributed by atoms with Gasteiger partial charge in [0.25, 0.3) is 5.91 Å². The third-order valence-corrected chi connectivity index (χ3v) is 6.18. The third-order valence-electron chi connectivity index (χ3n) is 4.42. The summed E-state index contributed by atoms with van der Waals surface area (Å²) >= 11 is 2.96. The number of nitrogens with one attached hydrogen (secondary N) is 1. The highest BCUT2D eigenvalue weighted by atomic mass is 32.1. The van der Waals surface area contributed by atoms with Gasteiger partial charge in [-0.3, -0.25) is 10.1 Å². The van der Waals surface area contributed by atoms with Crippen LogP contribution in [0.15, 0.2) is 53.2 Å². The van der Waals surface area contributed by atoms with E-state index in [4.69, 9.17) is 9.47 Å². The molecule has 0 bridgehead atoms. The number of nitrogens with zero attached hydrogens (tertiary/aromatic N) is 2. The summed E-state index contributed by atoms with van der Waals surface area (Å²) in [5.74, 6) is 1.08. The molecule has 0 unspecified atom stereocenters. The Hall–Kier alpha value is -3.23. The Balaban J connectivity index is 1.48. The zero-order chi connectivity index (χ0) is 21.1. The highest BCUT2D eigenvalue weighted by Gasteiger charge is 2.13. The third kappa shape index (κ3) is 4.19. The summed E-state index contributed by atoms with van der Waals surface area (Å²) in [6.45, 7) is 1.96. The maximum absolute atomic E-state index is 12.6. The average molecular weight is 438 g/mol. The van der Waals surface area contributed by atoms with Crippen molar-refractivity contribution in [3.63, 3.8) is 0 Å². The van der Waals surface area contributed by atoms with Gasteiger partial charge >= 0.3 is 0 Å². The van der Waals surface area contributed by atoms with Crippen molar-refractivity contribution in [3.8, 4) is 33.3 Å². The molecule has 0 fully saturated rings. The Morgan fingerprint density at radius 3 is 2.30 bits per heavy atom. The summed E-state index contributed by atoms with van der Waals surface area (Å²) in [6.07, 6.45) is 0. The number of hydrogen-bond acceptors (Lipinski definition) is 7. The molecule has 1 amide bonds. The Bertz CT molecular complexity index is 1180. The van der Waals surface area contributed by atoms with Gasteiger partial charge in [0.15, 0.2) is 16.6 Å². The average Bonchev–Trinajstić information content (AvgIpc) is 3.42. The van der Waals surface area contributed by atoms with Crippen LogP contribution < -0.4 is 14.8 Å². The molecule has 0 radical (unpaired) electrons. The lowest BCUT2D eigenvalue weighted by Crippen LogP contribution is -2.11. The molecule has 0 aliphatic rings. The fourth-order valence-corrected chi connectivity index (χ4v) is 4.40. The molecule has 8 heteroatoms. The molecule has 0 saturated heterocycles. The minimum absolute atomic E-state index is 0.204. The molecule has 2 aromatic heterocycles. The Labute approximate surface area is 182 Å². The number of methoxy groups -OCH3 is 2. The second-order valence-corrected chi connectivity index (χ2v) is 8.15. The van der Waals surface area contributed by atoms with Gasteiger partial charge in [0.2, 0.25) is 0 Å². The number of benzene rings is 2. The first-order valence-electron chi connectivity index (χ1n) is 9.09. The van der Waals surface area contributed by atoms with E-state index in [0.29, 0.717) is 22.2 Å². The molecule has 0 aliphatic carbocycles. The molecule has 0 spiro atoms. The van der Waals surface area contributed by atoms with E-state index in [1.54, 1.807) is 37.7 Å². The second kappa shape index (κ2) is 8.64. The van der Waals surface area contributed by atoms with E-state index in [-0.39, 0.29) is 5.91 Å². The minimum atomic E-state index is -0.204. The van der Waals surface area contributed by atoms with E-state index in [1.165, 1.54) is 11.3 Å². The predicted molar refractivity (Wildman–Crippen MR) is 121 cm³/mol. The molecule has 6 nitrogen and oxygen atoms in total. The Morgan fingerprint density at radius 1 is 0.900 bits per heavy atom. The van der Waals surface area contributed by atoms with Crippen molar-refractivity contribution in [1.82, 2.24) is 9.97 Å². The number of thiazole rings is 2. The summed E-state index contributed by atoms with van der Waals surface area (Å²) in [7, 11) is 3.19. The SMILES string of the molecule is COc1ccc(-c2csc(NC(=O)c3ccc(-c4nc(C)cs4)cc3)n2)cc1OC. The summed E-state index contributed by atoms with van der Waals surface area (Å²) in [5.41, 5.74) is 4.19. The van der Waals surface area contributed by atoms with Gasteiger partial charge in [0, 0.05) is 33.1 Å². The lowest BCUT2D eigenvalue weighted by Gasteiger charge is -2.08. The maximum atomic E-state index is 12.6. The summed E-state index contributed by atoms with van der Waals surface area (Å²) in [5, 5.41) is 8.24. The standard InChI is InChI=1S/C22H19N3O3S2/c1-13-11-29-21(23-13)15-6-4-14(5-7-15)20(26)25-22-24-17(12-30-22)16-8-9-18(27-2)19(10-16)28-3/h4-12H,1-3H3,(H,24,25,26). The highest BCUT2D eigenvalue weighted by molar-refractivity contribution is 7.14. The van der Waals surface area contributed by atoms with Crippen LogP contribution in [0.25, 0.3) is 21.8 Å². The van der Waals surface area contributed by atoms with Gasteiger partial charge in [-0.25, -0.2) is 9.97 Å². The van der Waals surface area contributed by atoms with Gasteiger partial charge in [-0.2, -0.15) is 0 Å². The maximum Gasteiger partial charge on any atom is 0.257 e. The normalized spacial score (nSPS) is 10.6. The van der Waals surface area contributed by atoms with Gasteiger partial charge in [0.05, 0.1) is 19.9 Å². The van der Waals surface area contributed by atoms with E-state index in [0.717, 1.165) is 27.5 Å². The van der Waals surface area contributed by atoms with Crippen LogP contribution in [0, 0.1) is 6.92 Å². The smallest absolute Gasteiger partial charge is 0.257 e. The van der Waals surface area contributed by atoms with Crippen molar-refractivity contribution in [2.24, 2.45) is 0 Å². The summed E-state index contributed by atoms with van der Waals surface area (Å²) in [6, 6.07) is 13.0. The number of rotatable bonds is 6. The largest absolute Gasteiger partial charge is 0.493 e. The van der Waals surface area contributed by atoms with Gasteiger partial charge < -0.3 is 9.47 Å². The van der Waals surface area contributed by atoms with Crippen LogP contribution in [0.1, 0.15) is 16.1 Å². The van der Waals surface area contributed by atoms with Gasteiger partial charge in [-0.1, -0.05) is 12.1 Å². The molecule has 2 aromatic carbocycles. The van der Waals surface area contributed by atoms with E-state index in [2.05, 4.69) is 15.3 Å². The minimum Gasteiger partial charge on any atom is -0.493 e. The molecular weight excluding hydrogens is 418 g/mol. The van der Waals surface area contributed by atoms with E-state index in [1.807, 2.05) is 48.0 Å². The van der Waals surface area contributed by atoms with Crippen LogP contribution in [-0.2, 0) is 0 Å². The molecule has 30 heavy (non-hydrogen) atoms. The number of anilines is 1. The van der Waals surface area contributed by atoms with Crippen molar-refractivity contribution in [1.29, 1.82) is 0 Å². The molecule has 0 aliphatic heterocycles. The highest BCUT2D eigenvalue weighted by Crippen LogP contribution is 2.33. The lowest BCUT2D eigenvalue weighted by molar-refractivity contribution is 0.102. The quantitative estimate of drug-likeness (QED) is 0.430.